The van der Waals surface area contributed by atoms with Crippen LogP contribution in [0.15, 0.2) is 48.5 Å². The van der Waals surface area contributed by atoms with Crippen LogP contribution in [0.1, 0.15) is 29.0 Å². The highest BCUT2D eigenvalue weighted by Gasteiger charge is 2.44. The third kappa shape index (κ3) is 4.54. The Labute approximate surface area is 159 Å². The lowest BCUT2D eigenvalue weighted by atomic mass is 10.1. The Hall–Kier alpha value is -2.24. The van der Waals surface area contributed by atoms with Gasteiger partial charge in [0.2, 0.25) is 5.91 Å². The number of ether oxygens (including phenoxy) is 1. The van der Waals surface area contributed by atoms with E-state index in [9.17, 15) is 9.18 Å². The smallest absolute Gasteiger partial charge is 0.224 e. The van der Waals surface area contributed by atoms with E-state index in [1.165, 1.54) is 11.6 Å². The zero-order chi connectivity index (χ0) is 18.6. The fourth-order valence-electron chi connectivity index (χ4n) is 3.70. The van der Waals surface area contributed by atoms with Crippen molar-refractivity contribution in [1.82, 2.24) is 10.2 Å². The number of carbonyl (C=O) groups is 1. The second-order valence-corrected chi connectivity index (χ2v) is 7.39. The molecule has 0 spiro atoms. The first-order valence-corrected chi connectivity index (χ1v) is 9.61. The second-order valence-electron chi connectivity index (χ2n) is 7.39. The molecule has 2 aromatic carbocycles. The van der Waals surface area contributed by atoms with Crippen molar-refractivity contribution in [3.8, 4) is 0 Å². The molecule has 4 rings (SSSR count). The Morgan fingerprint density at radius 3 is 2.52 bits per heavy atom. The van der Waals surface area contributed by atoms with Crippen molar-refractivity contribution in [3.05, 3.63) is 71.0 Å². The Morgan fingerprint density at radius 2 is 1.78 bits per heavy atom. The summed E-state index contributed by atoms with van der Waals surface area (Å²) >= 11 is 0. The van der Waals surface area contributed by atoms with E-state index in [1.807, 2.05) is 6.07 Å². The van der Waals surface area contributed by atoms with Crippen molar-refractivity contribution < 1.29 is 13.9 Å². The summed E-state index contributed by atoms with van der Waals surface area (Å²) in [5.41, 5.74) is 3.01. The molecule has 142 valence electrons. The van der Waals surface area contributed by atoms with Crippen molar-refractivity contribution >= 4 is 5.91 Å². The average Bonchev–Trinajstić information content (AvgIpc) is 3.49. The summed E-state index contributed by atoms with van der Waals surface area (Å²) in [5.74, 6) is -0.293. The van der Waals surface area contributed by atoms with Gasteiger partial charge < -0.3 is 10.1 Å². The van der Waals surface area contributed by atoms with E-state index in [-0.39, 0.29) is 23.6 Å². The molecule has 0 bridgehead atoms. The summed E-state index contributed by atoms with van der Waals surface area (Å²) in [5, 5.41) is 2.99. The summed E-state index contributed by atoms with van der Waals surface area (Å²) in [6, 6.07) is 15.1. The molecule has 27 heavy (non-hydrogen) atoms. The van der Waals surface area contributed by atoms with Gasteiger partial charge in [0.1, 0.15) is 5.82 Å². The highest BCUT2D eigenvalue weighted by Crippen LogP contribution is 2.48. The predicted molar refractivity (Wildman–Crippen MR) is 102 cm³/mol. The van der Waals surface area contributed by atoms with Gasteiger partial charge in [0.25, 0.3) is 0 Å². The molecule has 1 amide bonds. The minimum atomic E-state index is -0.214. The van der Waals surface area contributed by atoms with Gasteiger partial charge in [0.15, 0.2) is 0 Å². The normalized spacial score (nSPS) is 22.4. The Morgan fingerprint density at radius 1 is 1.07 bits per heavy atom. The van der Waals surface area contributed by atoms with Crippen LogP contribution in [0.5, 0.6) is 0 Å². The number of nitrogens with one attached hydrogen (secondary N) is 1. The second kappa shape index (κ2) is 8.19. The highest BCUT2D eigenvalue weighted by atomic mass is 19.1. The summed E-state index contributed by atoms with van der Waals surface area (Å²) in [7, 11) is 0. The summed E-state index contributed by atoms with van der Waals surface area (Å²) in [6.07, 6.45) is 0.727. The van der Waals surface area contributed by atoms with Gasteiger partial charge in [-0.15, -0.1) is 0 Å². The van der Waals surface area contributed by atoms with Crippen LogP contribution in [0, 0.1) is 11.7 Å². The SMILES string of the molecule is O=C(NCc1ccc(CN2CCOCC2)cc1)C1CC1c1ccccc1F. The van der Waals surface area contributed by atoms with Crippen LogP contribution in [0.25, 0.3) is 0 Å². The van der Waals surface area contributed by atoms with Crippen molar-refractivity contribution in [1.29, 1.82) is 0 Å². The van der Waals surface area contributed by atoms with Crippen LogP contribution in [0.2, 0.25) is 0 Å². The lowest BCUT2D eigenvalue weighted by molar-refractivity contribution is -0.122. The topological polar surface area (TPSA) is 41.6 Å². The summed E-state index contributed by atoms with van der Waals surface area (Å²) in [4.78, 5) is 14.7. The van der Waals surface area contributed by atoms with E-state index >= 15 is 0 Å². The summed E-state index contributed by atoms with van der Waals surface area (Å²) < 4.78 is 19.2. The van der Waals surface area contributed by atoms with Crippen LogP contribution in [-0.2, 0) is 22.6 Å². The lowest BCUT2D eigenvalue weighted by Crippen LogP contribution is -2.35. The summed E-state index contributed by atoms with van der Waals surface area (Å²) in [6.45, 7) is 5.00. The molecule has 2 unspecified atom stereocenters. The maximum absolute atomic E-state index is 13.8. The molecule has 2 aliphatic rings. The molecule has 1 heterocycles. The quantitative estimate of drug-likeness (QED) is 0.852. The molecular formula is C22H25FN2O2. The van der Waals surface area contributed by atoms with Gasteiger partial charge in [-0.3, -0.25) is 9.69 Å². The largest absolute Gasteiger partial charge is 0.379 e. The van der Waals surface area contributed by atoms with E-state index in [1.54, 1.807) is 12.1 Å². The van der Waals surface area contributed by atoms with Crippen LogP contribution >= 0.6 is 0 Å². The molecule has 0 aromatic heterocycles. The van der Waals surface area contributed by atoms with Crippen molar-refractivity contribution in [2.45, 2.75) is 25.4 Å². The van der Waals surface area contributed by atoms with Crippen LogP contribution < -0.4 is 5.32 Å². The number of carbonyl (C=O) groups excluding carboxylic acids is 1. The number of amides is 1. The van der Waals surface area contributed by atoms with Gasteiger partial charge in [0, 0.05) is 32.1 Å². The highest BCUT2D eigenvalue weighted by molar-refractivity contribution is 5.82. The lowest BCUT2D eigenvalue weighted by Gasteiger charge is -2.26. The van der Waals surface area contributed by atoms with Gasteiger partial charge in [-0.25, -0.2) is 4.39 Å². The minimum Gasteiger partial charge on any atom is -0.379 e. The Bertz CT molecular complexity index is 787. The molecule has 2 atom stereocenters. The maximum Gasteiger partial charge on any atom is 0.224 e. The zero-order valence-corrected chi connectivity index (χ0v) is 15.4. The molecule has 4 nitrogen and oxygen atoms in total. The molecule has 1 aliphatic carbocycles. The van der Waals surface area contributed by atoms with E-state index in [0.717, 1.165) is 44.8 Å². The molecule has 1 aliphatic heterocycles. The van der Waals surface area contributed by atoms with Crippen LogP contribution in [0.3, 0.4) is 0 Å². The fourth-order valence-corrected chi connectivity index (χ4v) is 3.70. The molecule has 5 heteroatoms. The van der Waals surface area contributed by atoms with E-state index < -0.39 is 0 Å². The van der Waals surface area contributed by atoms with Crippen LogP contribution in [-0.4, -0.2) is 37.1 Å². The predicted octanol–water partition coefficient (Wildman–Crippen LogP) is 3.08. The minimum absolute atomic E-state index is 0.0145. The van der Waals surface area contributed by atoms with Gasteiger partial charge in [-0.05, 0) is 35.1 Å². The Balaban J connectivity index is 1.25. The van der Waals surface area contributed by atoms with Crippen molar-refractivity contribution in [3.63, 3.8) is 0 Å². The number of halogens is 1. The fraction of sp³-hybridized carbons (Fsp3) is 0.409. The molecule has 2 aromatic rings. The molecule has 0 radical (unpaired) electrons. The standard InChI is InChI=1S/C22H25FN2O2/c23-21-4-2-1-3-18(21)19-13-20(19)22(26)24-14-16-5-7-17(8-6-16)15-25-9-11-27-12-10-25/h1-8,19-20H,9-15H2,(H,24,26). The third-order valence-electron chi connectivity index (χ3n) is 5.43. The van der Waals surface area contributed by atoms with E-state index in [4.69, 9.17) is 4.74 Å². The number of hydrogen-bond acceptors (Lipinski definition) is 3. The Kier molecular flexibility index (Phi) is 5.50. The first-order valence-electron chi connectivity index (χ1n) is 9.61. The molecule has 1 saturated heterocycles. The number of benzene rings is 2. The van der Waals surface area contributed by atoms with Gasteiger partial charge >= 0.3 is 0 Å². The maximum atomic E-state index is 13.8. The van der Waals surface area contributed by atoms with Gasteiger partial charge in [-0.2, -0.15) is 0 Å². The molecular weight excluding hydrogens is 343 g/mol. The number of morpholine rings is 1. The van der Waals surface area contributed by atoms with Crippen molar-refractivity contribution in [2.24, 2.45) is 5.92 Å². The molecule has 1 N–H and O–H groups in total. The number of hydrogen-bond donors (Lipinski definition) is 1. The zero-order valence-electron chi connectivity index (χ0n) is 15.4. The van der Waals surface area contributed by atoms with E-state index in [0.29, 0.717) is 12.1 Å². The number of rotatable bonds is 6. The average molecular weight is 368 g/mol. The van der Waals surface area contributed by atoms with Crippen LogP contribution in [0.4, 0.5) is 4.39 Å². The van der Waals surface area contributed by atoms with Gasteiger partial charge in [0.05, 0.1) is 13.2 Å². The third-order valence-corrected chi connectivity index (χ3v) is 5.43. The monoisotopic (exact) mass is 368 g/mol. The molecule has 2 fully saturated rings. The number of nitrogens with zero attached hydrogens (tertiary/aromatic N) is 1. The first kappa shape index (κ1) is 18.1. The first-order chi connectivity index (χ1) is 13.2. The van der Waals surface area contributed by atoms with Gasteiger partial charge in [-0.1, -0.05) is 42.5 Å². The van der Waals surface area contributed by atoms with E-state index in [2.05, 4.69) is 34.5 Å². The van der Waals surface area contributed by atoms with Crippen molar-refractivity contribution in [2.75, 3.05) is 26.3 Å². The molecule has 1 saturated carbocycles.